The smallest absolute Gasteiger partial charge is 0.278 e. The lowest BCUT2D eigenvalue weighted by Gasteiger charge is -2.06. The summed E-state index contributed by atoms with van der Waals surface area (Å²) >= 11 is 4.79. The molecular weight excluding hydrogens is 404 g/mol. The van der Waals surface area contributed by atoms with Gasteiger partial charge in [-0.3, -0.25) is 4.79 Å². The molecule has 0 spiro atoms. The zero-order valence-electron chi connectivity index (χ0n) is 13.8. The molecule has 0 aliphatic carbocycles. The Kier molecular flexibility index (Phi) is 7.62. The topological polar surface area (TPSA) is 76.5 Å². The van der Waals surface area contributed by atoms with Crippen molar-refractivity contribution in [1.29, 1.82) is 0 Å². The summed E-state index contributed by atoms with van der Waals surface area (Å²) in [7, 11) is 0. The number of amides is 1. The molecule has 25 heavy (non-hydrogen) atoms. The predicted octanol–water partition coefficient (Wildman–Crippen LogP) is 3.42. The lowest BCUT2D eigenvalue weighted by molar-refractivity contribution is -0.123. The maximum atomic E-state index is 11.8. The molecule has 0 aliphatic heterocycles. The van der Waals surface area contributed by atoms with Crippen LogP contribution in [-0.4, -0.2) is 35.0 Å². The van der Waals surface area contributed by atoms with E-state index in [0.717, 1.165) is 15.7 Å². The normalized spacial score (nSPS) is 11.6. The van der Waals surface area contributed by atoms with Gasteiger partial charge in [-0.2, -0.15) is 10.1 Å². The minimum absolute atomic E-state index is 0.179. The average molecular weight is 421 g/mol. The lowest BCUT2D eigenvalue weighted by Crippen LogP contribution is -2.24. The molecule has 0 saturated heterocycles. The van der Waals surface area contributed by atoms with E-state index < -0.39 is 0 Å². The van der Waals surface area contributed by atoms with E-state index in [1.165, 1.54) is 18.0 Å². The van der Waals surface area contributed by atoms with E-state index in [4.69, 9.17) is 4.74 Å². The zero-order chi connectivity index (χ0) is 18.1. The number of carbonyl (C=O) groups excluding carboxylic acids is 1. The third-order valence-corrected chi connectivity index (χ3v) is 3.81. The second-order valence-electron chi connectivity index (χ2n) is 4.86. The van der Waals surface area contributed by atoms with Crippen LogP contribution in [-0.2, 0) is 4.79 Å². The van der Waals surface area contributed by atoms with Gasteiger partial charge < -0.3 is 4.74 Å². The fourth-order valence-electron chi connectivity index (χ4n) is 1.76. The Morgan fingerprint density at radius 3 is 2.84 bits per heavy atom. The van der Waals surface area contributed by atoms with Crippen LogP contribution in [0.3, 0.4) is 0 Å². The summed E-state index contributed by atoms with van der Waals surface area (Å²) in [5, 5.41) is 4.47. The molecule has 6 nitrogen and oxygen atoms in total. The van der Waals surface area contributed by atoms with Crippen LogP contribution < -0.4 is 10.2 Å². The van der Waals surface area contributed by atoms with E-state index in [9.17, 15) is 4.79 Å². The highest BCUT2D eigenvalue weighted by Gasteiger charge is 2.05. The van der Waals surface area contributed by atoms with E-state index in [2.05, 4.69) is 36.4 Å². The number of hydrogen-bond acceptors (Lipinski definition) is 6. The molecule has 1 heterocycles. The van der Waals surface area contributed by atoms with Crippen molar-refractivity contribution in [3.05, 3.63) is 52.1 Å². The third-order valence-electron chi connectivity index (χ3n) is 2.83. The van der Waals surface area contributed by atoms with E-state index in [1.807, 2.05) is 49.6 Å². The maximum absolute atomic E-state index is 11.8. The van der Waals surface area contributed by atoms with Gasteiger partial charge in [-0.1, -0.05) is 42.1 Å². The standard InChI is InChI=1S/C17H17BrN4O2S/c1-12-8-16(21-17(20-12)25-2)24-11-15(23)22-19-10-14(18)9-13-6-4-3-5-7-13/h3-10H,11H2,1-2H3,(H,22,23)/b14-9-,19-10-. The number of hydrazone groups is 1. The molecule has 0 fully saturated rings. The third kappa shape index (κ3) is 7.06. The first-order chi connectivity index (χ1) is 12.1. The predicted molar refractivity (Wildman–Crippen MR) is 104 cm³/mol. The highest BCUT2D eigenvalue weighted by Crippen LogP contribution is 2.15. The lowest BCUT2D eigenvalue weighted by atomic mass is 10.2. The van der Waals surface area contributed by atoms with Gasteiger partial charge in [-0.05, 0) is 40.7 Å². The van der Waals surface area contributed by atoms with Crippen molar-refractivity contribution in [2.75, 3.05) is 12.9 Å². The maximum Gasteiger partial charge on any atom is 0.278 e. The Balaban J connectivity index is 1.82. The van der Waals surface area contributed by atoms with Crippen molar-refractivity contribution in [2.45, 2.75) is 12.1 Å². The number of aryl methyl sites for hydroxylation is 1. The van der Waals surface area contributed by atoms with E-state index >= 15 is 0 Å². The molecule has 2 rings (SSSR count). The number of nitrogens with one attached hydrogen (secondary N) is 1. The van der Waals surface area contributed by atoms with Gasteiger partial charge in [0.25, 0.3) is 5.91 Å². The SMILES string of the molecule is CSc1nc(C)cc(OCC(=O)N/N=C\C(Br)=C\c2ccccc2)n1. The number of carbonyl (C=O) groups is 1. The van der Waals surface area contributed by atoms with Crippen LogP contribution >= 0.6 is 27.7 Å². The number of thioether (sulfide) groups is 1. The van der Waals surface area contributed by atoms with Crippen LogP contribution in [0.5, 0.6) is 5.88 Å². The molecule has 1 aromatic carbocycles. The van der Waals surface area contributed by atoms with Gasteiger partial charge in [0.2, 0.25) is 5.88 Å². The highest BCUT2D eigenvalue weighted by atomic mass is 79.9. The second kappa shape index (κ2) is 9.95. The Hall–Kier alpha value is -2.19. The highest BCUT2D eigenvalue weighted by molar-refractivity contribution is 9.12. The largest absolute Gasteiger partial charge is 0.467 e. The second-order valence-corrected chi connectivity index (χ2v) is 6.55. The van der Waals surface area contributed by atoms with Crippen molar-refractivity contribution in [3.63, 3.8) is 0 Å². The van der Waals surface area contributed by atoms with Crippen LogP contribution in [0.25, 0.3) is 6.08 Å². The molecule has 1 N–H and O–H groups in total. The molecule has 0 unspecified atom stereocenters. The molecule has 0 aliphatic rings. The number of nitrogens with zero attached hydrogens (tertiary/aromatic N) is 3. The number of aromatic nitrogens is 2. The summed E-state index contributed by atoms with van der Waals surface area (Å²) in [4.78, 5) is 20.2. The van der Waals surface area contributed by atoms with Gasteiger partial charge >= 0.3 is 0 Å². The quantitative estimate of drug-likeness (QED) is 0.321. The van der Waals surface area contributed by atoms with Crippen LogP contribution in [0.2, 0.25) is 0 Å². The van der Waals surface area contributed by atoms with Gasteiger partial charge in [-0.25, -0.2) is 10.4 Å². The first-order valence-corrected chi connectivity index (χ1v) is 9.35. The molecule has 8 heteroatoms. The summed E-state index contributed by atoms with van der Waals surface area (Å²) < 4.78 is 6.10. The van der Waals surface area contributed by atoms with E-state index in [0.29, 0.717) is 11.0 Å². The van der Waals surface area contributed by atoms with Crippen molar-refractivity contribution in [2.24, 2.45) is 5.10 Å². The Bertz CT molecular complexity index is 781. The van der Waals surface area contributed by atoms with E-state index in [1.54, 1.807) is 6.07 Å². The molecule has 2 aromatic rings. The Labute approximate surface area is 158 Å². The van der Waals surface area contributed by atoms with Crippen LogP contribution in [0, 0.1) is 6.92 Å². The minimum Gasteiger partial charge on any atom is -0.467 e. The molecule has 1 amide bonds. The summed E-state index contributed by atoms with van der Waals surface area (Å²) in [6.45, 7) is 1.66. The minimum atomic E-state index is -0.377. The number of hydrogen-bond donors (Lipinski definition) is 1. The summed E-state index contributed by atoms with van der Waals surface area (Å²) in [6, 6.07) is 11.4. The van der Waals surface area contributed by atoms with Gasteiger partial charge in [0, 0.05) is 16.2 Å². The molecule has 1 aromatic heterocycles. The van der Waals surface area contributed by atoms with Gasteiger partial charge in [0.1, 0.15) is 0 Å². The van der Waals surface area contributed by atoms with Crippen molar-refractivity contribution < 1.29 is 9.53 Å². The first kappa shape index (κ1) is 19.1. The molecular formula is C17H17BrN4O2S. The summed E-state index contributed by atoms with van der Waals surface area (Å²) in [5.74, 6) is -0.0145. The first-order valence-electron chi connectivity index (χ1n) is 7.33. The van der Waals surface area contributed by atoms with Crippen LogP contribution in [0.4, 0.5) is 0 Å². The Morgan fingerprint density at radius 2 is 2.12 bits per heavy atom. The molecule has 0 radical (unpaired) electrons. The van der Waals surface area contributed by atoms with Gasteiger partial charge in [0.15, 0.2) is 11.8 Å². The Morgan fingerprint density at radius 1 is 1.36 bits per heavy atom. The molecule has 0 saturated carbocycles. The summed E-state index contributed by atoms with van der Waals surface area (Å²) in [6.07, 6.45) is 5.27. The number of ether oxygens (including phenoxy) is 1. The van der Waals surface area contributed by atoms with Crippen LogP contribution in [0.1, 0.15) is 11.3 Å². The number of rotatable bonds is 7. The number of benzene rings is 1. The fraction of sp³-hybridized carbons (Fsp3) is 0.176. The van der Waals surface area contributed by atoms with E-state index in [-0.39, 0.29) is 12.5 Å². The summed E-state index contributed by atoms with van der Waals surface area (Å²) in [5.41, 5.74) is 4.21. The molecule has 130 valence electrons. The van der Waals surface area contributed by atoms with Crippen molar-refractivity contribution in [1.82, 2.24) is 15.4 Å². The molecule has 0 bridgehead atoms. The fourth-order valence-corrected chi connectivity index (χ4v) is 2.55. The van der Waals surface area contributed by atoms with Crippen LogP contribution in [0.15, 0.2) is 51.1 Å². The van der Waals surface area contributed by atoms with Crippen molar-refractivity contribution in [3.8, 4) is 5.88 Å². The average Bonchev–Trinajstić information content (AvgIpc) is 2.60. The van der Waals surface area contributed by atoms with Gasteiger partial charge in [-0.15, -0.1) is 0 Å². The number of allylic oxidation sites excluding steroid dienone is 1. The molecule has 0 atom stereocenters. The zero-order valence-corrected chi connectivity index (χ0v) is 16.2. The van der Waals surface area contributed by atoms with Crippen molar-refractivity contribution >= 4 is 45.9 Å². The monoisotopic (exact) mass is 420 g/mol. The number of halogens is 1. The van der Waals surface area contributed by atoms with Gasteiger partial charge in [0.05, 0.1) is 6.21 Å².